The largest absolute Gasteiger partial charge is 0.497 e. The molecule has 1 fully saturated rings. The van der Waals surface area contributed by atoms with Crippen molar-refractivity contribution in [1.29, 1.82) is 0 Å². The molecule has 1 N–H and O–H groups in total. The van der Waals surface area contributed by atoms with Crippen molar-refractivity contribution >= 4 is 17.7 Å². The van der Waals surface area contributed by atoms with Gasteiger partial charge in [0, 0.05) is 31.0 Å². The number of aliphatic carboxylic acids is 1. The zero-order chi connectivity index (χ0) is 18.4. The van der Waals surface area contributed by atoms with Crippen molar-refractivity contribution in [2.75, 3.05) is 13.7 Å². The fraction of sp³-hybridized carbons (Fsp3) is 0.526. The first kappa shape index (κ1) is 19.0. The second-order valence-electron chi connectivity index (χ2n) is 6.42. The predicted octanol–water partition coefficient (Wildman–Crippen LogP) is 2.76. The molecule has 0 aromatic heterocycles. The normalized spacial score (nSPS) is 20.2. The number of hydrogen-bond donors (Lipinski definition) is 1. The molecule has 1 aromatic carbocycles. The number of rotatable bonds is 7. The summed E-state index contributed by atoms with van der Waals surface area (Å²) in [5, 5.41) is 9.23. The highest BCUT2D eigenvalue weighted by Gasteiger charge is 2.34. The first-order chi connectivity index (χ1) is 11.9. The van der Waals surface area contributed by atoms with Gasteiger partial charge in [0.2, 0.25) is 5.91 Å². The third-order valence-corrected chi connectivity index (χ3v) is 4.83. The van der Waals surface area contributed by atoms with Gasteiger partial charge in [0.1, 0.15) is 5.75 Å². The highest BCUT2D eigenvalue weighted by Crippen LogP contribution is 2.25. The summed E-state index contributed by atoms with van der Waals surface area (Å²) in [6, 6.07) is 6.61. The molecule has 1 amide bonds. The third kappa shape index (κ3) is 4.81. The molecular weight excluding hydrogens is 322 g/mol. The van der Waals surface area contributed by atoms with Crippen molar-refractivity contribution < 1.29 is 24.2 Å². The summed E-state index contributed by atoms with van der Waals surface area (Å²) in [5.41, 5.74) is 0.602. The molecule has 0 saturated carbocycles. The van der Waals surface area contributed by atoms with Gasteiger partial charge in [0.25, 0.3) is 0 Å². The van der Waals surface area contributed by atoms with Crippen LogP contribution in [0.25, 0.3) is 0 Å². The summed E-state index contributed by atoms with van der Waals surface area (Å²) < 4.78 is 5.06. The minimum Gasteiger partial charge on any atom is -0.497 e. The van der Waals surface area contributed by atoms with Crippen LogP contribution in [0.3, 0.4) is 0 Å². The van der Waals surface area contributed by atoms with Crippen molar-refractivity contribution in [3.63, 3.8) is 0 Å². The number of Topliss-reactive ketones (excluding diaryl/α,β-unsaturated/α-hetero) is 1. The zero-order valence-corrected chi connectivity index (χ0v) is 14.7. The SMILES string of the molecule is COc1ccc(C(=O)CCCC(=O)N2CCC[C@H](C(=O)O)[C@@H]2C)cc1. The van der Waals surface area contributed by atoms with Crippen LogP contribution in [0.2, 0.25) is 0 Å². The molecule has 0 unspecified atom stereocenters. The van der Waals surface area contributed by atoms with Crippen LogP contribution in [0.5, 0.6) is 5.75 Å². The lowest BCUT2D eigenvalue weighted by Crippen LogP contribution is -2.49. The van der Waals surface area contributed by atoms with E-state index in [4.69, 9.17) is 4.74 Å². The molecule has 1 saturated heterocycles. The lowest BCUT2D eigenvalue weighted by atomic mass is 9.90. The number of benzene rings is 1. The fourth-order valence-corrected chi connectivity index (χ4v) is 3.29. The summed E-state index contributed by atoms with van der Waals surface area (Å²) in [5.74, 6) is -0.733. The smallest absolute Gasteiger partial charge is 0.308 e. The van der Waals surface area contributed by atoms with Gasteiger partial charge in [-0.2, -0.15) is 0 Å². The molecule has 0 radical (unpaired) electrons. The van der Waals surface area contributed by atoms with Gasteiger partial charge >= 0.3 is 5.97 Å². The maximum Gasteiger partial charge on any atom is 0.308 e. The van der Waals surface area contributed by atoms with Crippen molar-refractivity contribution in [3.05, 3.63) is 29.8 Å². The Morgan fingerprint density at radius 3 is 2.48 bits per heavy atom. The molecule has 0 aliphatic carbocycles. The maximum absolute atomic E-state index is 12.4. The van der Waals surface area contributed by atoms with Crippen LogP contribution in [0, 0.1) is 5.92 Å². The molecular formula is C19H25NO5. The topological polar surface area (TPSA) is 83.9 Å². The first-order valence-electron chi connectivity index (χ1n) is 8.63. The number of carboxylic acid groups (broad SMARTS) is 1. The second kappa shape index (κ2) is 8.65. The summed E-state index contributed by atoms with van der Waals surface area (Å²) in [6.07, 6.45) is 2.33. The van der Waals surface area contributed by atoms with E-state index in [1.165, 1.54) is 0 Å². The lowest BCUT2D eigenvalue weighted by molar-refractivity contribution is -0.149. The van der Waals surface area contributed by atoms with E-state index in [2.05, 4.69) is 0 Å². The first-order valence-corrected chi connectivity index (χ1v) is 8.63. The van der Waals surface area contributed by atoms with Gasteiger partial charge in [-0.05, 0) is 50.5 Å². The Bertz CT molecular complexity index is 625. The van der Waals surface area contributed by atoms with Crippen LogP contribution in [0.4, 0.5) is 0 Å². The van der Waals surface area contributed by atoms with Crippen molar-refractivity contribution in [3.8, 4) is 5.75 Å². The van der Waals surface area contributed by atoms with Gasteiger partial charge in [-0.3, -0.25) is 14.4 Å². The van der Waals surface area contributed by atoms with Gasteiger partial charge in [-0.25, -0.2) is 0 Å². The Kier molecular flexibility index (Phi) is 6.56. The van der Waals surface area contributed by atoms with Crippen LogP contribution in [-0.4, -0.2) is 47.4 Å². The van der Waals surface area contributed by atoms with Crippen LogP contribution in [0.15, 0.2) is 24.3 Å². The Hall–Kier alpha value is -2.37. The third-order valence-electron chi connectivity index (χ3n) is 4.83. The minimum absolute atomic E-state index is 0.00874. The molecule has 6 nitrogen and oxygen atoms in total. The Labute approximate surface area is 147 Å². The van der Waals surface area contributed by atoms with Crippen molar-refractivity contribution in [1.82, 2.24) is 4.90 Å². The van der Waals surface area contributed by atoms with E-state index in [0.29, 0.717) is 43.5 Å². The highest BCUT2D eigenvalue weighted by molar-refractivity contribution is 5.96. The summed E-state index contributed by atoms with van der Waals surface area (Å²) >= 11 is 0. The maximum atomic E-state index is 12.4. The van der Waals surface area contributed by atoms with Gasteiger partial charge < -0.3 is 14.7 Å². The molecule has 25 heavy (non-hydrogen) atoms. The number of methoxy groups -OCH3 is 1. The summed E-state index contributed by atoms with van der Waals surface area (Å²) in [4.78, 5) is 37.4. The van der Waals surface area contributed by atoms with Gasteiger partial charge in [0.15, 0.2) is 5.78 Å². The number of nitrogens with zero attached hydrogens (tertiary/aromatic N) is 1. The number of carboxylic acids is 1. The second-order valence-corrected chi connectivity index (χ2v) is 6.42. The quantitative estimate of drug-likeness (QED) is 0.767. The molecule has 1 heterocycles. The van der Waals surface area contributed by atoms with Crippen LogP contribution in [0.1, 0.15) is 49.4 Å². The van der Waals surface area contributed by atoms with Crippen molar-refractivity contribution in [2.24, 2.45) is 5.92 Å². The number of ketones is 1. The molecule has 1 aliphatic heterocycles. The van der Waals surface area contributed by atoms with Gasteiger partial charge in [-0.1, -0.05) is 0 Å². The number of likely N-dealkylation sites (tertiary alicyclic amines) is 1. The van der Waals surface area contributed by atoms with E-state index < -0.39 is 11.9 Å². The summed E-state index contributed by atoms with van der Waals surface area (Å²) in [7, 11) is 1.57. The molecule has 2 atom stereocenters. The Morgan fingerprint density at radius 2 is 1.88 bits per heavy atom. The highest BCUT2D eigenvalue weighted by atomic mass is 16.5. The predicted molar refractivity (Wildman–Crippen MR) is 92.7 cm³/mol. The van der Waals surface area contributed by atoms with Crippen molar-refractivity contribution in [2.45, 2.75) is 45.1 Å². The monoisotopic (exact) mass is 347 g/mol. The molecule has 1 aliphatic rings. The van der Waals surface area contributed by atoms with E-state index >= 15 is 0 Å². The van der Waals surface area contributed by atoms with Gasteiger partial charge in [0.05, 0.1) is 13.0 Å². The molecule has 6 heteroatoms. The molecule has 0 spiro atoms. The van der Waals surface area contributed by atoms with E-state index in [9.17, 15) is 19.5 Å². The average Bonchev–Trinajstić information content (AvgIpc) is 2.61. The summed E-state index contributed by atoms with van der Waals surface area (Å²) in [6.45, 7) is 2.38. The number of piperidine rings is 1. The minimum atomic E-state index is -0.848. The van der Waals surface area contributed by atoms with E-state index in [0.717, 1.165) is 0 Å². The Morgan fingerprint density at radius 1 is 1.20 bits per heavy atom. The van der Waals surface area contributed by atoms with E-state index in [-0.39, 0.29) is 24.2 Å². The number of carbonyl (C=O) groups excluding carboxylic acids is 2. The molecule has 0 bridgehead atoms. The zero-order valence-electron chi connectivity index (χ0n) is 14.7. The number of ether oxygens (including phenoxy) is 1. The lowest BCUT2D eigenvalue weighted by Gasteiger charge is -2.37. The number of hydrogen-bond acceptors (Lipinski definition) is 4. The molecule has 136 valence electrons. The van der Waals surface area contributed by atoms with E-state index in [1.54, 1.807) is 43.2 Å². The fourth-order valence-electron chi connectivity index (χ4n) is 3.29. The van der Waals surface area contributed by atoms with Crippen LogP contribution < -0.4 is 4.74 Å². The van der Waals surface area contributed by atoms with Crippen LogP contribution in [-0.2, 0) is 9.59 Å². The van der Waals surface area contributed by atoms with E-state index in [1.807, 2.05) is 0 Å². The number of carbonyl (C=O) groups is 3. The molecule has 2 rings (SSSR count). The van der Waals surface area contributed by atoms with Gasteiger partial charge in [-0.15, -0.1) is 0 Å². The molecule has 1 aromatic rings. The standard InChI is InChI=1S/C19H25NO5/c1-13-16(19(23)24)5-4-12-20(13)18(22)7-3-6-17(21)14-8-10-15(25-2)11-9-14/h8-11,13,16H,3-7,12H2,1-2H3,(H,23,24)/t13-,16-/m0/s1. The van der Waals surface area contributed by atoms with Crippen LogP contribution >= 0.6 is 0 Å². The number of amides is 1. The Balaban J connectivity index is 1.83. The average molecular weight is 347 g/mol.